The van der Waals surface area contributed by atoms with Crippen molar-refractivity contribution in [1.29, 1.82) is 0 Å². The van der Waals surface area contributed by atoms with Gasteiger partial charge in [0.2, 0.25) is 0 Å². The third kappa shape index (κ3) is 3.42. The Kier molecular flexibility index (Phi) is 2.95. The second-order valence-corrected chi connectivity index (χ2v) is 1.43. The molecule has 1 amide bonds. The fourth-order valence-corrected chi connectivity index (χ4v) is 0.236. The van der Waals surface area contributed by atoms with Crippen LogP contribution >= 0.6 is 0 Å². The lowest BCUT2D eigenvalue weighted by Gasteiger charge is -2.05. The van der Waals surface area contributed by atoms with Crippen LogP contribution < -0.4 is 5.73 Å². The summed E-state index contributed by atoms with van der Waals surface area (Å²) in [5.41, 5.74) is 4.60. The topological polar surface area (TPSA) is 72.6 Å². The average molecular weight is 119 g/mol. The van der Waals surface area contributed by atoms with Crippen molar-refractivity contribution >= 4 is 6.09 Å². The van der Waals surface area contributed by atoms with Crippen LogP contribution in [0.25, 0.3) is 0 Å². The molecule has 0 radical (unpaired) electrons. The van der Waals surface area contributed by atoms with Gasteiger partial charge in [0.1, 0.15) is 6.10 Å². The molecule has 0 aromatic rings. The van der Waals surface area contributed by atoms with E-state index < -0.39 is 12.2 Å². The molecule has 0 saturated carbocycles. The first kappa shape index (κ1) is 7.23. The van der Waals surface area contributed by atoms with Crippen LogP contribution in [0.1, 0.15) is 6.92 Å². The van der Waals surface area contributed by atoms with Crippen LogP contribution in [0.5, 0.6) is 0 Å². The van der Waals surface area contributed by atoms with Crippen molar-refractivity contribution < 1.29 is 14.6 Å². The average Bonchev–Trinajstić information content (AvgIpc) is 1.65. The summed E-state index contributed by atoms with van der Waals surface area (Å²) in [7, 11) is 0. The molecule has 0 rings (SSSR count). The maximum Gasteiger partial charge on any atom is 0.404 e. The number of carbonyl (C=O) groups excluding carboxylic acids is 1. The molecule has 3 N–H and O–H groups in total. The molecule has 48 valence electrons. The Hall–Kier alpha value is -0.770. The Labute approximate surface area is 47.2 Å². The highest BCUT2D eigenvalue weighted by Gasteiger charge is 2.01. The smallest absolute Gasteiger partial charge is 0.404 e. The van der Waals surface area contributed by atoms with E-state index in [1.807, 2.05) is 0 Å². The molecule has 4 heteroatoms. The van der Waals surface area contributed by atoms with Crippen LogP contribution in [-0.4, -0.2) is 23.9 Å². The van der Waals surface area contributed by atoms with Gasteiger partial charge < -0.3 is 15.6 Å². The van der Waals surface area contributed by atoms with Gasteiger partial charge in [0, 0.05) is 0 Å². The summed E-state index contributed by atoms with van der Waals surface area (Å²) < 4.78 is 4.29. The van der Waals surface area contributed by atoms with Crippen LogP contribution in [0.15, 0.2) is 0 Å². The van der Waals surface area contributed by atoms with E-state index >= 15 is 0 Å². The van der Waals surface area contributed by atoms with Crippen LogP contribution in [0.3, 0.4) is 0 Å². The zero-order chi connectivity index (χ0) is 6.57. The molecular weight excluding hydrogens is 110 g/mol. The minimum absolute atomic E-state index is 0.192. The zero-order valence-electron chi connectivity index (χ0n) is 4.63. The molecule has 1 atom stereocenters. The third-order valence-electron chi connectivity index (χ3n) is 0.574. The molecule has 4 nitrogen and oxygen atoms in total. The van der Waals surface area contributed by atoms with E-state index in [1.165, 1.54) is 0 Å². The van der Waals surface area contributed by atoms with Gasteiger partial charge in [-0.2, -0.15) is 0 Å². The van der Waals surface area contributed by atoms with E-state index in [4.69, 9.17) is 5.11 Å². The monoisotopic (exact) mass is 119 g/mol. The maximum atomic E-state index is 9.86. The van der Waals surface area contributed by atoms with Crippen molar-refractivity contribution in [3.63, 3.8) is 0 Å². The summed E-state index contributed by atoms with van der Waals surface area (Å²) in [6, 6.07) is 0. The van der Waals surface area contributed by atoms with Gasteiger partial charge in [-0.15, -0.1) is 0 Å². The van der Waals surface area contributed by atoms with Crippen LogP contribution in [0.4, 0.5) is 4.79 Å². The number of primary amides is 1. The van der Waals surface area contributed by atoms with Gasteiger partial charge in [-0.1, -0.05) is 0 Å². The second kappa shape index (κ2) is 3.26. The minimum Gasteiger partial charge on any atom is -0.444 e. The van der Waals surface area contributed by atoms with Crippen molar-refractivity contribution in [3.05, 3.63) is 0 Å². The predicted molar refractivity (Wildman–Crippen MR) is 27.2 cm³/mol. The molecule has 0 spiro atoms. The first-order valence-corrected chi connectivity index (χ1v) is 2.23. The van der Waals surface area contributed by atoms with Crippen molar-refractivity contribution in [1.82, 2.24) is 0 Å². The van der Waals surface area contributed by atoms with E-state index in [0.717, 1.165) is 0 Å². The maximum absolute atomic E-state index is 9.86. The fraction of sp³-hybridized carbons (Fsp3) is 0.750. The van der Waals surface area contributed by atoms with Gasteiger partial charge in [-0.3, -0.25) is 0 Å². The van der Waals surface area contributed by atoms with Crippen molar-refractivity contribution in [3.8, 4) is 0 Å². The van der Waals surface area contributed by atoms with E-state index in [1.54, 1.807) is 6.92 Å². The first-order valence-electron chi connectivity index (χ1n) is 2.23. The SMILES string of the molecule is CC(CO)OC(N)=O. The Bertz CT molecular complexity index is 83.4. The first-order chi connectivity index (χ1) is 3.66. The summed E-state index contributed by atoms with van der Waals surface area (Å²) in [6.45, 7) is 1.35. The number of aliphatic hydroxyl groups excluding tert-OH is 1. The van der Waals surface area contributed by atoms with Gasteiger partial charge in [0.05, 0.1) is 6.61 Å². The molecule has 1 unspecified atom stereocenters. The summed E-state index contributed by atoms with van der Waals surface area (Å²) in [6.07, 6.45) is -1.35. The van der Waals surface area contributed by atoms with Crippen molar-refractivity contribution in [2.45, 2.75) is 13.0 Å². The number of aliphatic hydroxyl groups is 1. The number of carbonyl (C=O) groups is 1. The summed E-state index contributed by atoms with van der Waals surface area (Å²) in [5, 5.41) is 8.25. The number of amides is 1. The van der Waals surface area contributed by atoms with E-state index in [0.29, 0.717) is 0 Å². The molecule has 0 aliphatic carbocycles. The highest BCUT2D eigenvalue weighted by Crippen LogP contribution is 1.85. The van der Waals surface area contributed by atoms with Crippen LogP contribution in [0.2, 0.25) is 0 Å². The molecule has 0 fully saturated rings. The Morgan fingerprint density at radius 2 is 2.50 bits per heavy atom. The molecule has 0 heterocycles. The normalized spacial score (nSPS) is 12.8. The Morgan fingerprint density at radius 3 is 2.62 bits per heavy atom. The third-order valence-corrected chi connectivity index (χ3v) is 0.574. The molecule has 0 aromatic heterocycles. The highest BCUT2D eigenvalue weighted by molar-refractivity contribution is 5.64. The van der Waals surface area contributed by atoms with E-state index in [9.17, 15) is 4.79 Å². The molecule has 0 bridgehead atoms. The molecule has 8 heavy (non-hydrogen) atoms. The van der Waals surface area contributed by atoms with Gasteiger partial charge >= 0.3 is 6.09 Å². The molecule has 0 aliphatic rings. The number of nitrogens with two attached hydrogens (primary N) is 1. The highest BCUT2D eigenvalue weighted by atomic mass is 16.6. The van der Waals surface area contributed by atoms with Crippen molar-refractivity contribution in [2.24, 2.45) is 5.73 Å². The number of rotatable bonds is 2. The minimum atomic E-state index is -0.855. The molecule has 0 aromatic carbocycles. The number of hydrogen-bond donors (Lipinski definition) is 2. The Balaban J connectivity index is 3.24. The van der Waals surface area contributed by atoms with Gasteiger partial charge in [0.15, 0.2) is 0 Å². The summed E-state index contributed by atoms with van der Waals surface area (Å²) >= 11 is 0. The molecule has 0 saturated heterocycles. The van der Waals surface area contributed by atoms with Crippen molar-refractivity contribution in [2.75, 3.05) is 6.61 Å². The van der Waals surface area contributed by atoms with E-state index in [2.05, 4.69) is 10.5 Å². The fourth-order valence-electron chi connectivity index (χ4n) is 0.236. The lowest BCUT2D eigenvalue weighted by Crippen LogP contribution is -2.22. The van der Waals surface area contributed by atoms with Crippen LogP contribution in [-0.2, 0) is 4.74 Å². The number of ether oxygens (including phenoxy) is 1. The quantitative estimate of drug-likeness (QED) is 0.512. The van der Waals surface area contributed by atoms with Gasteiger partial charge in [-0.25, -0.2) is 4.79 Å². The lowest BCUT2D eigenvalue weighted by atomic mass is 10.4. The Morgan fingerprint density at radius 1 is 2.00 bits per heavy atom. The molecule has 0 aliphatic heterocycles. The largest absolute Gasteiger partial charge is 0.444 e. The predicted octanol–water partition coefficient (Wildman–Crippen LogP) is -0.537. The standard InChI is InChI=1S/C4H9NO3/c1-3(2-6)8-4(5)7/h3,6H,2H2,1H3,(H2,5,7). The zero-order valence-corrected chi connectivity index (χ0v) is 4.63. The van der Waals surface area contributed by atoms with Crippen LogP contribution in [0, 0.1) is 0 Å². The molecular formula is C4H9NO3. The second-order valence-electron chi connectivity index (χ2n) is 1.43. The summed E-state index contributed by atoms with van der Waals surface area (Å²) in [5.74, 6) is 0. The van der Waals surface area contributed by atoms with E-state index in [-0.39, 0.29) is 6.61 Å². The summed E-state index contributed by atoms with van der Waals surface area (Å²) in [4.78, 5) is 9.86. The lowest BCUT2D eigenvalue weighted by molar-refractivity contribution is 0.0745. The van der Waals surface area contributed by atoms with Gasteiger partial charge in [0.25, 0.3) is 0 Å². The number of hydrogen-bond acceptors (Lipinski definition) is 3. The van der Waals surface area contributed by atoms with Gasteiger partial charge in [-0.05, 0) is 6.92 Å².